The van der Waals surface area contributed by atoms with Gasteiger partial charge in [-0.15, -0.1) is 11.3 Å². The van der Waals surface area contributed by atoms with Crippen LogP contribution in [0.25, 0.3) is 6.08 Å². The Kier molecular flexibility index (Phi) is 6.67. The van der Waals surface area contributed by atoms with Gasteiger partial charge in [0.1, 0.15) is 4.88 Å². The highest BCUT2D eigenvalue weighted by molar-refractivity contribution is 7.15. The number of hydrogen-bond acceptors (Lipinski definition) is 3. The van der Waals surface area contributed by atoms with Crippen molar-refractivity contribution >= 4 is 35.0 Å². The lowest BCUT2D eigenvalue weighted by Gasteiger charge is -2.30. The van der Waals surface area contributed by atoms with Crippen LogP contribution >= 0.6 is 11.3 Å². The molecule has 0 spiro atoms. The Morgan fingerprint density at radius 1 is 1.27 bits per heavy atom. The zero-order chi connectivity index (χ0) is 19.5. The molecule has 1 heterocycles. The van der Waals surface area contributed by atoms with E-state index in [-0.39, 0.29) is 22.1 Å². The van der Waals surface area contributed by atoms with Crippen LogP contribution in [0.3, 0.4) is 0 Å². The number of carbonyl (C=O) groups excluding carboxylic acids is 1. The maximum Gasteiger partial charge on any atom is 0.348 e. The van der Waals surface area contributed by atoms with Gasteiger partial charge in [-0.25, -0.2) is 4.79 Å². The molecule has 144 valence electrons. The number of thiophene rings is 1. The van der Waals surface area contributed by atoms with Gasteiger partial charge in [0.05, 0.1) is 5.69 Å². The molecule has 0 aliphatic heterocycles. The number of hydrogen-bond donors (Lipinski definition) is 1. The second kappa shape index (κ2) is 8.38. The Balaban J connectivity index is 2.30. The maximum atomic E-state index is 13.1. The summed E-state index contributed by atoms with van der Waals surface area (Å²) in [5.74, 6) is -0.199. The highest BCUT2D eigenvalue weighted by Gasteiger charge is 2.31. The lowest BCUT2D eigenvalue weighted by Crippen LogP contribution is -2.38. The first-order chi connectivity index (χ1) is 12.1. The summed E-state index contributed by atoms with van der Waals surface area (Å²) in [5, 5.41) is 9.63. The van der Waals surface area contributed by atoms with Crippen LogP contribution in [0.1, 0.15) is 74.9 Å². The molecule has 0 bridgehead atoms. The molecule has 2 rings (SSSR count). The van der Waals surface area contributed by atoms with Crippen LogP contribution in [0, 0.1) is 17.3 Å². The molecule has 1 N–H and O–H groups in total. The molecule has 1 saturated carbocycles. The van der Waals surface area contributed by atoms with Crippen LogP contribution in [0.2, 0.25) is 0 Å². The van der Waals surface area contributed by atoms with Gasteiger partial charge < -0.3 is 10.0 Å². The SMILES string of the molecule is CCN(C(=O)C1CCC(C)CC1)c1cc(C=CC(C)(C)C)sc1C(=O)O. The van der Waals surface area contributed by atoms with E-state index < -0.39 is 5.97 Å². The molecule has 0 unspecified atom stereocenters. The number of aromatic carboxylic acids is 1. The minimum absolute atomic E-state index is 0.0151. The Bertz CT molecular complexity index is 676. The van der Waals surface area contributed by atoms with E-state index in [2.05, 4.69) is 33.8 Å². The topological polar surface area (TPSA) is 57.6 Å². The first-order valence-corrected chi connectivity index (χ1v) is 10.3. The van der Waals surface area contributed by atoms with Gasteiger partial charge in [-0.2, -0.15) is 0 Å². The normalized spacial score (nSPS) is 21.1. The van der Waals surface area contributed by atoms with Crippen molar-refractivity contribution in [3.8, 4) is 0 Å². The first kappa shape index (κ1) is 20.7. The Morgan fingerprint density at radius 3 is 2.38 bits per heavy atom. The molecule has 0 aromatic carbocycles. The van der Waals surface area contributed by atoms with Crippen LogP contribution in [0.15, 0.2) is 12.1 Å². The van der Waals surface area contributed by atoms with Crippen LogP contribution in [-0.2, 0) is 4.79 Å². The minimum atomic E-state index is -0.969. The van der Waals surface area contributed by atoms with Gasteiger partial charge in [0.25, 0.3) is 0 Å². The van der Waals surface area contributed by atoms with Crippen molar-refractivity contribution in [2.75, 3.05) is 11.4 Å². The third-order valence-corrected chi connectivity index (χ3v) is 5.99. The van der Waals surface area contributed by atoms with Crippen molar-refractivity contribution in [1.29, 1.82) is 0 Å². The van der Waals surface area contributed by atoms with Crippen molar-refractivity contribution in [3.63, 3.8) is 0 Å². The largest absolute Gasteiger partial charge is 0.477 e. The molecular weight excluding hydrogens is 346 g/mol. The fourth-order valence-corrected chi connectivity index (χ4v) is 4.24. The lowest BCUT2D eigenvalue weighted by molar-refractivity contribution is -0.123. The Hall–Kier alpha value is -1.62. The van der Waals surface area contributed by atoms with Gasteiger partial charge in [-0.05, 0) is 56.1 Å². The second-order valence-corrected chi connectivity index (χ2v) is 9.49. The number of carbonyl (C=O) groups is 2. The molecule has 0 saturated heterocycles. The lowest BCUT2D eigenvalue weighted by atomic mass is 9.82. The van der Waals surface area contributed by atoms with Crippen LogP contribution in [0.5, 0.6) is 0 Å². The molecule has 1 amide bonds. The molecule has 0 radical (unpaired) electrons. The van der Waals surface area contributed by atoms with E-state index in [1.807, 2.05) is 19.1 Å². The average molecular weight is 378 g/mol. The maximum absolute atomic E-state index is 13.1. The van der Waals surface area contributed by atoms with E-state index in [0.29, 0.717) is 18.2 Å². The van der Waals surface area contributed by atoms with Gasteiger partial charge in [-0.1, -0.05) is 33.8 Å². The summed E-state index contributed by atoms with van der Waals surface area (Å²) in [6.45, 7) is 10.9. The third-order valence-electron chi connectivity index (χ3n) is 4.91. The van der Waals surface area contributed by atoms with Crippen molar-refractivity contribution < 1.29 is 14.7 Å². The zero-order valence-electron chi connectivity index (χ0n) is 16.5. The summed E-state index contributed by atoms with van der Waals surface area (Å²) in [4.78, 5) is 27.6. The molecule has 1 aliphatic carbocycles. The molecule has 26 heavy (non-hydrogen) atoms. The van der Waals surface area contributed by atoms with E-state index in [1.54, 1.807) is 4.90 Å². The van der Waals surface area contributed by atoms with Crippen LogP contribution < -0.4 is 4.90 Å². The van der Waals surface area contributed by atoms with Crippen LogP contribution in [-0.4, -0.2) is 23.5 Å². The third kappa shape index (κ3) is 5.19. The fraction of sp³-hybridized carbons (Fsp3) is 0.619. The van der Waals surface area contributed by atoms with Gasteiger partial charge in [0.15, 0.2) is 0 Å². The van der Waals surface area contributed by atoms with E-state index in [1.165, 1.54) is 11.3 Å². The molecule has 1 fully saturated rings. The fourth-order valence-electron chi connectivity index (χ4n) is 3.34. The Labute approximate surface area is 160 Å². The van der Waals surface area contributed by atoms with Gasteiger partial charge in [0.2, 0.25) is 5.91 Å². The molecular formula is C21H31NO3S. The van der Waals surface area contributed by atoms with Crippen molar-refractivity contribution in [2.24, 2.45) is 17.3 Å². The summed E-state index contributed by atoms with van der Waals surface area (Å²) in [7, 11) is 0. The minimum Gasteiger partial charge on any atom is -0.477 e. The van der Waals surface area contributed by atoms with Gasteiger partial charge in [-0.3, -0.25) is 4.79 Å². The smallest absolute Gasteiger partial charge is 0.348 e. The number of anilines is 1. The van der Waals surface area contributed by atoms with E-state index in [0.717, 1.165) is 30.6 Å². The van der Waals surface area contributed by atoms with Crippen molar-refractivity contribution in [2.45, 2.75) is 60.3 Å². The quantitative estimate of drug-likeness (QED) is 0.717. The van der Waals surface area contributed by atoms with Gasteiger partial charge in [0, 0.05) is 17.3 Å². The summed E-state index contributed by atoms with van der Waals surface area (Å²) in [5.41, 5.74) is 0.564. The number of allylic oxidation sites excluding steroid dienone is 1. The monoisotopic (exact) mass is 377 g/mol. The molecule has 1 aliphatic rings. The highest BCUT2D eigenvalue weighted by atomic mass is 32.1. The predicted molar refractivity (Wildman–Crippen MR) is 109 cm³/mol. The first-order valence-electron chi connectivity index (χ1n) is 9.50. The summed E-state index contributed by atoms with van der Waals surface area (Å²) in [6.07, 6.45) is 7.97. The molecule has 1 aromatic rings. The molecule has 4 nitrogen and oxygen atoms in total. The summed E-state index contributed by atoms with van der Waals surface area (Å²) >= 11 is 1.24. The zero-order valence-corrected chi connectivity index (χ0v) is 17.4. The molecule has 0 atom stereocenters. The number of rotatable bonds is 5. The number of carboxylic acid groups (broad SMARTS) is 1. The van der Waals surface area contributed by atoms with Gasteiger partial charge >= 0.3 is 5.97 Å². The highest BCUT2D eigenvalue weighted by Crippen LogP contribution is 2.36. The number of carboxylic acids is 1. The summed E-state index contributed by atoms with van der Waals surface area (Å²) in [6, 6.07) is 1.85. The van der Waals surface area contributed by atoms with E-state index >= 15 is 0 Å². The number of amides is 1. The van der Waals surface area contributed by atoms with Crippen molar-refractivity contribution in [1.82, 2.24) is 0 Å². The standard InChI is InChI=1S/C21H31NO3S/c1-6-22(19(23)15-9-7-14(2)8-10-15)17-13-16(11-12-21(3,4)5)26-18(17)20(24)25/h11-15H,6-10H2,1-5H3,(H,24,25). The van der Waals surface area contributed by atoms with E-state index in [4.69, 9.17) is 0 Å². The average Bonchev–Trinajstić information content (AvgIpc) is 2.98. The van der Waals surface area contributed by atoms with Crippen LogP contribution in [0.4, 0.5) is 5.69 Å². The van der Waals surface area contributed by atoms with E-state index in [9.17, 15) is 14.7 Å². The Morgan fingerprint density at radius 2 is 1.88 bits per heavy atom. The summed E-state index contributed by atoms with van der Waals surface area (Å²) < 4.78 is 0. The molecule has 5 heteroatoms. The number of nitrogens with zero attached hydrogens (tertiary/aromatic N) is 1. The van der Waals surface area contributed by atoms with Crippen molar-refractivity contribution in [3.05, 3.63) is 21.9 Å². The second-order valence-electron chi connectivity index (χ2n) is 8.41. The molecule has 1 aromatic heterocycles. The predicted octanol–water partition coefficient (Wildman–Crippen LogP) is 5.68.